The Morgan fingerprint density at radius 2 is 1.29 bits per heavy atom. The van der Waals surface area contributed by atoms with Gasteiger partial charge in [0.1, 0.15) is 11.1 Å². The molecule has 3 aromatic carbocycles. The summed E-state index contributed by atoms with van der Waals surface area (Å²) in [4.78, 5) is 36.4. The first-order valence-electron chi connectivity index (χ1n) is 13.3. The number of carbonyl (C=O) groups excluding carboxylic acids is 1. The number of nitrogens with zero attached hydrogens (tertiary/aromatic N) is 2. The molecule has 41 heavy (non-hydrogen) atoms. The number of benzene rings is 3. The third-order valence-corrected chi connectivity index (χ3v) is 7.38. The lowest BCUT2D eigenvalue weighted by Gasteiger charge is -2.32. The standard InChI is InChI=1S/C32H35N3O5S/c1-22(2)40-35-41-21-26(27(28(36)37)29(38)39-31(3,4)5)33-30(41)34-32(23-15-9-6-10-16-23,24-17-11-7-12-18-24)25-19-13-8-14-20-25/h6-22,27H,1-5H3,(H,33,34)(H,36,37). The number of rotatable bonds is 9. The molecule has 0 bridgehead atoms. The van der Waals surface area contributed by atoms with Crippen LogP contribution in [0.25, 0.3) is 0 Å². The Morgan fingerprint density at radius 3 is 1.68 bits per heavy atom. The van der Waals surface area contributed by atoms with Crippen LogP contribution in [-0.4, -0.2) is 33.9 Å². The maximum Gasteiger partial charge on any atom is 0.326 e. The lowest BCUT2D eigenvalue weighted by molar-refractivity contribution is -0.164. The average Bonchev–Trinajstić information content (AvgIpc) is 3.32. The van der Waals surface area contributed by atoms with Crippen molar-refractivity contribution < 1.29 is 24.3 Å². The van der Waals surface area contributed by atoms with Gasteiger partial charge >= 0.3 is 11.9 Å². The molecular weight excluding hydrogens is 538 g/mol. The largest absolute Gasteiger partial charge is 0.480 e. The second-order valence-electron chi connectivity index (χ2n) is 10.8. The van der Waals surface area contributed by atoms with Gasteiger partial charge in [-0.25, -0.2) is 9.83 Å². The Morgan fingerprint density at radius 1 is 0.829 bits per heavy atom. The molecule has 4 rings (SSSR count). The van der Waals surface area contributed by atoms with Crippen molar-refractivity contribution in [2.24, 2.45) is 15.4 Å². The van der Waals surface area contributed by atoms with Crippen molar-refractivity contribution in [3.05, 3.63) is 119 Å². The molecule has 2 atom stereocenters. The van der Waals surface area contributed by atoms with E-state index in [0.29, 0.717) is 5.17 Å². The van der Waals surface area contributed by atoms with Gasteiger partial charge in [-0.1, -0.05) is 95.5 Å². The Bertz CT molecular complexity index is 1370. The van der Waals surface area contributed by atoms with Gasteiger partial charge < -0.3 is 15.2 Å². The minimum Gasteiger partial charge on any atom is -0.480 e. The van der Waals surface area contributed by atoms with Gasteiger partial charge in [0.15, 0.2) is 11.1 Å². The monoisotopic (exact) mass is 573 g/mol. The molecule has 1 aliphatic heterocycles. The Hall–Kier alpha value is -4.08. The summed E-state index contributed by atoms with van der Waals surface area (Å²) >= 11 is 0. The van der Waals surface area contributed by atoms with Gasteiger partial charge in [-0.05, 0) is 51.3 Å². The van der Waals surface area contributed by atoms with Crippen molar-refractivity contribution in [1.82, 2.24) is 5.32 Å². The molecule has 0 saturated heterocycles. The molecule has 2 unspecified atom stereocenters. The van der Waals surface area contributed by atoms with E-state index in [0.717, 1.165) is 16.7 Å². The molecule has 9 heteroatoms. The average molecular weight is 574 g/mol. The molecule has 0 saturated carbocycles. The normalized spacial score (nSPS) is 17.3. The first-order valence-corrected chi connectivity index (χ1v) is 14.6. The lowest BCUT2D eigenvalue weighted by Crippen LogP contribution is -2.38. The summed E-state index contributed by atoms with van der Waals surface area (Å²) < 4.78 is 9.86. The minimum atomic E-state index is -1.59. The van der Waals surface area contributed by atoms with Crippen molar-refractivity contribution in [2.75, 3.05) is 0 Å². The first-order chi connectivity index (χ1) is 19.5. The van der Waals surface area contributed by atoms with E-state index in [1.54, 1.807) is 26.2 Å². The summed E-state index contributed by atoms with van der Waals surface area (Å²) in [6.45, 7) is 8.77. The summed E-state index contributed by atoms with van der Waals surface area (Å²) in [6, 6.07) is 29.6. The predicted octanol–water partition coefficient (Wildman–Crippen LogP) is 5.96. The van der Waals surface area contributed by atoms with Gasteiger partial charge in [0.05, 0.1) is 11.8 Å². The van der Waals surface area contributed by atoms with Crippen LogP contribution >= 0.6 is 0 Å². The fraction of sp³-hybridized carbons (Fsp3) is 0.281. The highest BCUT2D eigenvalue weighted by molar-refractivity contribution is 8.05. The molecule has 3 aromatic rings. The zero-order chi connectivity index (χ0) is 29.6. The SMILES string of the molecule is CC(C)ON=S1C=C(C(C(=O)O)C(=O)OC(C)(C)C)NC1=NC(c1ccccc1)(c1ccccc1)c1ccccc1. The lowest BCUT2D eigenvalue weighted by atomic mass is 9.77. The van der Waals surface area contributed by atoms with E-state index in [-0.39, 0.29) is 11.8 Å². The van der Waals surface area contributed by atoms with E-state index >= 15 is 0 Å². The van der Waals surface area contributed by atoms with Gasteiger partial charge in [0, 0.05) is 16.1 Å². The highest BCUT2D eigenvalue weighted by Gasteiger charge is 2.41. The van der Waals surface area contributed by atoms with Crippen molar-refractivity contribution in [3.63, 3.8) is 0 Å². The van der Waals surface area contributed by atoms with Crippen molar-refractivity contribution in [1.29, 1.82) is 0 Å². The quantitative estimate of drug-likeness (QED) is 0.141. The number of ether oxygens (including phenoxy) is 1. The molecule has 2 N–H and O–H groups in total. The number of aliphatic imine (C=N–C) groups is 1. The highest BCUT2D eigenvalue weighted by atomic mass is 32.2. The van der Waals surface area contributed by atoms with Crippen LogP contribution in [0, 0.1) is 5.92 Å². The fourth-order valence-electron chi connectivity index (χ4n) is 4.39. The van der Waals surface area contributed by atoms with Crippen LogP contribution in [0.1, 0.15) is 51.3 Å². The molecule has 0 fully saturated rings. The molecule has 0 amide bonds. The van der Waals surface area contributed by atoms with Gasteiger partial charge in [-0.3, -0.25) is 9.59 Å². The van der Waals surface area contributed by atoms with Crippen LogP contribution in [0.3, 0.4) is 0 Å². The van der Waals surface area contributed by atoms with Gasteiger partial charge in [-0.15, -0.1) is 0 Å². The van der Waals surface area contributed by atoms with Crippen LogP contribution in [0.4, 0.5) is 0 Å². The maximum atomic E-state index is 13.0. The van der Waals surface area contributed by atoms with Gasteiger partial charge in [-0.2, -0.15) is 0 Å². The number of carbonyl (C=O) groups is 2. The zero-order valence-electron chi connectivity index (χ0n) is 23.8. The summed E-state index contributed by atoms with van der Waals surface area (Å²) in [5, 5.41) is 15.2. The summed E-state index contributed by atoms with van der Waals surface area (Å²) in [5.41, 5.74) is 0.935. The number of hydrogen-bond acceptors (Lipinski definition) is 6. The molecule has 0 spiro atoms. The number of amidine groups is 1. The number of nitrogens with one attached hydrogen (secondary N) is 1. The van der Waals surface area contributed by atoms with E-state index in [1.807, 2.05) is 105 Å². The fourth-order valence-corrected chi connectivity index (χ4v) is 5.77. The van der Waals surface area contributed by atoms with Crippen molar-refractivity contribution in [2.45, 2.75) is 51.9 Å². The summed E-state index contributed by atoms with van der Waals surface area (Å²) in [5.74, 6) is -3.81. The Labute approximate surface area is 243 Å². The third kappa shape index (κ3) is 6.99. The van der Waals surface area contributed by atoms with Gasteiger partial charge in [0.2, 0.25) is 0 Å². The molecule has 1 aliphatic rings. The topological polar surface area (TPSA) is 110 Å². The van der Waals surface area contributed by atoms with Crippen LogP contribution in [0.15, 0.2) is 112 Å². The second kappa shape index (κ2) is 12.6. The van der Waals surface area contributed by atoms with E-state index in [2.05, 4.69) is 9.84 Å². The minimum absolute atomic E-state index is 0.132. The number of hydrogen-bond donors (Lipinski definition) is 2. The predicted molar refractivity (Wildman–Crippen MR) is 161 cm³/mol. The summed E-state index contributed by atoms with van der Waals surface area (Å²) in [7, 11) is -1.15. The molecular formula is C32H35N3O5S. The molecule has 0 aliphatic carbocycles. The molecule has 1 heterocycles. The smallest absolute Gasteiger partial charge is 0.326 e. The number of carboxylic acid groups (broad SMARTS) is 1. The maximum absolute atomic E-state index is 13.0. The number of carboxylic acids is 1. The van der Waals surface area contributed by atoms with Crippen molar-refractivity contribution in [3.8, 4) is 0 Å². The molecule has 214 valence electrons. The van der Waals surface area contributed by atoms with Crippen LogP contribution in [0.5, 0.6) is 0 Å². The molecule has 0 aromatic heterocycles. The Balaban J connectivity index is 1.95. The van der Waals surface area contributed by atoms with E-state index in [4.69, 9.17) is 14.6 Å². The molecule has 8 nitrogen and oxygen atoms in total. The van der Waals surface area contributed by atoms with E-state index < -0.39 is 39.7 Å². The van der Waals surface area contributed by atoms with Crippen LogP contribution < -0.4 is 5.32 Å². The number of aliphatic carboxylic acids is 1. The van der Waals surface area contributed by atoms with Gasteiger partial charge in [0.25, 0.3) is 0 Å². The summed E-state index contributed by atoms with van der Waals surface area (Å²) in [6.07, 6.45) is -0.218. The second-order valence-corrected chi connectivity index (χ2v) is 12.2. The first kappa shape index (κ1) is 29.9. The van der Waals surface area contributed by atoms with E-state index in [1.165, 1.54) is 0 Å². The van der Waals surface area contributed by atoms with Crippen LogP contribution in [0.2, 0.25) is 0 Å². The number of esters is 1. The molecule has 0 radical (unpaired) electrons. The third-order valence-electron chi connectivity index (χ3n) is 6.07. The highest BCUT2D eigenvalue weighted by Crippen LogP contribution is 2.41. The van der Waals surface area contributed by atoms with Crippen LogP contribution in [-0.2, 0) is 35.4 Å². The van der Waals surface area contributed by atoms with E-state index in [9.17, 15) is 14.7 Å². The Kier molecular flexibility index (Phi) is 9.20. The zero-order valence-corrected chi connectivity index (χ0v) is 24.6. The van der Waals surface area contributed by atoms with Crippen molar-refractivity contribution >= 4 is 27.8 Å².